The van der Waals surface area contributed by atoms with Crippen LogP contribution in [0.15, 0.2) is 36.4 Å². The molecule has 0 heterocycles. The van der Waals surface area contributed by atoms with Crippen molar-refractivity contribution in [2.75, 3.05) is 0 Å². The molecule has 2 aromatic rings. The minimum Gasteiger partial charge on any atom is -0.349 e. The summed E-state index contributed by atoms with van der Waals surface area (Å²) in [5.41, 5.74) is 0.336. The fourth-order valence-electron chi connectivity index (χ4n) is 3.26. The molecule has 0 radical (unpaired) electrons. The van der Waals surface area contributed by atoms with E-state index in [-0.39, 0.29) is 12.0 Å². The Morgan fingerprint density at radius 1 is 1.08 bits per heavy atom. The van der Waals surface area contributed by atoms with Gasteiger partial charge in [0.1, 0.15) is 17.2 Å². The van der Waals surface area contributed by atoms with Gasteiger partial charge in [-0.05, 0) is 42.7 Å². The summed E-state index contributed by atoms with van der Waals surface area (Å²) in [6.45, 7) is 0. The van der Waals surface area contributed by atoms with Gasteiger partial charge in [0, 0.05) is 22.0 Å². The lowest BCUT2D eigenvalue weighted by atomic mass is 9.93. The molecule has 0 saturated heterocycles. The molecule has 3 rings (SSSR count). The predicted molar refractivity (Wildman–Crippen MR) is 90.7 cm³/mol. The first-order chi connectivity index (χ1) is 11.5. The summed E-state index contributed by atoms with van der Waals surface area (Å²) in [5.74, 6) is -2.49. The largest absolute Gasteiger partial charge is 0.349 e. The Kier molecular flexibility index (Phi) is 5.07. The van der Waals surface area contributed by atoms with Gasteiger partial charge in [0.2, 0.25) is 0 Å². The highest BCUT2D eigenvalue weighted by Gasteiger charge is 2.32. The fourth-order valence-corrected chi connectivity index (χ4v) is 3.81. The molecule has 2 nitrogen and oxygen atoms in total. The minimum absolute atomic E-state index is 0.00597. The zero-order chi connectivity index (χ0) is 17.3. The normalized spacial score (nSPS) is 20.2. The number of hydrogen-bond acceptors (Lipinski definition) is 1. The number of halogens is 4. The highest BCUT2D eigenvalue weighted by Crippen LogP contribution is 2.39. The van der Waals surface area contributed by atoms with Crippen molar-refractivity contribution in [2.24, 2.45) is 0 Å². The van der Waals surface area contributed by atoms with Gasteiger partial charge in [0.25, 0.3) is 5.91 Å². The van der Waals surface area contributed by atoms with Crippen LogP contribution in [0.1, 0.15) is 41.1 Å². The van der Waals surface area contributed by atoms with E-state index >= 15 is 0 Å². The summed E-state index contributed by atoms with van der Waals surface area (Å²) >= 11 is 12.2. The van der Waals surface area contributed by atoms with Crippen LogP contribution in [0.5, 0.6) is 0 Å². The van der Waals surface area contributed by atoms with Crippen LogP contribution < -0.4 is 5.32 Å². The van der Waals surface area contributed by atoms with Crippen molar-refractivity contribution in [1.29, 1.82) is 0 Å². The number of benzene rings is 2. The Bertz CT molecular complexity index is 761. The van der Waals surface area contributed by atoms with E-state index < -0.39 is 23.1 Å². The van der Waals surface area contributed by atoms with Gasteiger partial charge in [-0.25, -0.2) is 8.78 Å². The van der Waals surface area contributed by atoms with E-state index in [9.17, 15) is 13.6 Å². The predicted octanol–water partition coefficient (Wildman–Crippen LogP) is 5.34. The standard InChI is InChI=1S/C18H15Cl2F2NO/c19-10-7-8-11(13(20)9-10)12-3-1-6-16(12)23-18(24)17-14(21)4-2-5-15(17)22/h2,4-5,7-9,12,16H,1,3,6H2,(H,23,24)/t12-,16+/m0/s1. The Morgan fingerprint density at radius 2 is 1.79 bits per heavy atom. The number of nitrogens with one attached hydrogen (secondary N) is 1. The van der Waals surface area contributed by atoms with Gasteiger partial charge in [-0.3, -0.25) is 4.79 Å². The molecular formula is C18H15Cl2F2NO. The maximum Gasteiger partial charge on any atom is 0.257 e. The molecule has 1 N–H and O–H groups in total. The van der Waals surface area contributed by atoms with Crippen molar-refractivity contribution in [3.63, 3.8) is 0 Å². The molecule has 6 heteroatoms. The number of amides is 1. The lowest BCUT2D eigenvalue weighted by Crippen LogP contribution is -2.37. The maximum absolute atomic E-state index is 13.8. The highest BCUT2D eigenvalue weighted by atomic mass is 35.5. The smallest absolute Gasteiger partial charge is 0.257 e. The molecule has 0 bridgehead atoms. The van der Waals surface area contributed by atoms with Crippen LogP contribution in [0.4, 0.5) is 8.78 Å². The second-order valence-corrected chi connectivity index (χ2v) is 6.72. The van der Waals surface area contributed by atoms with E-state index in [0.29, 0.717) is 10.0 Å². The molecule has 0 unspecified atom stereocenters. The average Bonchev–Trinajstić information content (AvgIpc) is 2.95. The molecule has 24 heavy (non-hydrogen) atoms. The lowest BCUT2D eigenvalue weighted by molar-refractivity contribution is 0.0926. The first-order valence-corrected chi connectivity index (χ1v) is 8.43. The van der Waals surface area contributed by atoms with E-state index in [1.54, 1.807) is 12.1 Å². The van der Waals surface area contributed by atoms with Crippen molar-refractivity contribution in [3.8, 4) is 0 Å². The molecule has 0 aliphatic heterocycles. The first kappa shape index (κ1) is 17.2. The van der Waals surface area contributed by atoms with Crippen LogP contribution in [0, 0.1) is 11.6 Å². The summed E-state index contributed by atoms with van der Waals surface area (Å²) in [7, 11) is 0. The molecule has 2 aromatic carbocycles. The molecule has 0 aromatic heterocycles. The molecule has 1 saturated carbocycles. The van der Waals surface area contributed by atoms with Crippen molar-refractivity contribution < 1.29 is 13.6 Å². The summed E-state index contributed by atoms with van der Waals surface area (Å²) in [6.07, 6.45) is 2.46. The van der Waals surface area contributed by atoms with E-state index in [4.69, 9.17) is 23.2 Å². The van der Waals surface area contributed by atoms with Gasteiger partial charge in [-0.15, -0.1) is 0 Å². The number of carbonyl (C=O) groups excluding carboxylic acids is 1. The fraction of sp³-hybridized carbons (Fsp3) is 0.278. The molecule has 1 fully saturated rings. The van der Waals surface area contributed by atoms with Gasteiger partial charge < -0.3 is 5.32 Å². The number of rotatable bonds is 3. The van der Waals surface area contributed by atoms with Crippen molar-refractivity contribution in [2.45, 2.75) is 31.2 Å². The van der Waals surface area contributed by atoms with Crippen LogP contribution >= 0.6 is 23.2 Å². The summed E-state index contributed by atoms with van der Waals surface area (Å²) in [6, 6.07) is 8.38. The third-order valence-corrected chi connectivity index (χ3v) is 4.95. The van der Waals surface area contributed by atoms with Gasteiger partial charge in [-0.2, -0.15) is 0 Å². The number of hydrogen-bond donors (Lipinski definition) is 1. The zero-order valence-electron chi connectivity index (χ0n) is 12.7. The second-order valence-electron chi connectivity index (χ2n) is 5.88. The second kappa shape index (κ2) is 7.08. The first-order valence-electron chi connectivity index (χ1n) is 7.67. The van der Waals surface area contributed by atoms with Gasteiger partial charge >= 0.3 is 0 Å². The van der Waals surface area contributed by atoms with Crippen molar-refractivity contribution >= 4 is 29.1 Å². The zero-order valence-corrected chi connectivity index (χ0v) is 14.2. The van der Waals surface area contributed by atoms with Crippen molar-refractivity contribution in [3.05, 3.63) is 69.2 Å². The van der Waals surface area contributed by atoms with Crippen LogP contribution in [0.25, 0.3) is 0 Å². The number of carbonyl (C=O) groups is 1. The average molecular weight is 370 g/mol. The van der Waals surface area contributed by atoms with Crippen LogP contribution in [0.3, 0.4) is 0 Å². The van der Waals surface area contributed by atoms with Gasteiger partial charge in [0.05, 0.1) is 0 Å². The summed E-state index contributed by atoms with van der Waals surface area (Å²) < 4.78 is 27.5. The highest BCUT2D eigenvalue weighted by molar-refractivity contribution is 6.35. The van der Waals surface area contributed by atoms with Crippen LogP contribution in [0.2, 0.25) is 10.0 Å². The summed E-state index contributed by atoms with van der Waals surface area (Å²) in [4.78, 5) is 12.3. The molecule has 1 aliphatic carbocycles. The Labute approximate surface area is 148 Å². The van der Waals surface area contributed by atoms with E-state index in [0.717, 1.165) is 37.0 Å². The third kappa shape index (κ3) is 3.40. The minimum atomic E-state index is -0.869. The van der Waals surface area contributed by atoms with Crippen LogP contribution in [-0.2, 0) is 0 Å². The Morgan fingerprint density at radius 3 is 2.46 bits per heavy atom. The topological polar surface area (TPSA) is 29.1 Å². The SMILES string of the molecule is O=C(N[C@@H]1CCC[C@H]1c1ccc(Cl)cc1Cl)c1c(F)cccc1F. The van der Waals surface area contributed by atoms with E-state index in [1.807, 2.05) is 6.07 Å². The van der Waals surface area contributed by atoms with E-state index in [1.165, 1.54) is 6.07 Å². The quantitative estimate of drug-likeness (QED) is 0.777. The van der Waals surface area contributed by atoms with E-state index in [2.05, 4.69) is 5.32 Å². The molecule has 1 amide bonds. The molecule has 1 aliphatic rings. The lowest BCUT2D eigenvalue weighted by Gasteiger charge is -2.22. The van der Waals surface area contributed by atoms with Crippen molar-refractivity contribution in [1.82, 2.24) is 5.32 Å². The monoisotopic (exact) mass is 369 g/mol. The molecule has 0 spiro atoms. The van der Waals surface area contributed by atoms with Crippen LogP contribution in [-0.4, -0.2) is 11.9 Å². The Hall–Kier alpha value is -1.65. The third-order valence-electron chi connectivity index (χ3n) is 4.38. The molecular weight excluding hydrogens is 355 g/mol. The molecule has 126 valence electrons. The molecule has 2 atom stereocenters. The summed E-state index contributed by atoms with van der Waals surface area (Å²) in [5, 5.41) is 3.83. The Balaban J connectivity index is 1.83. The van der Waals surface area contributed by atoms with Gasteiger partial charge in [-0.1, -0.05) is 41.8 Å². The maximum atomic E-state index is 13.8. The van der Waals surface area contributed by atoms with Gasteiger partial charge in [0.15, 0.2) is 0 Å².